The largest absolute Gasteiger partial charge is 0.341 e. The summed E-state index contributed by atoms with van der Waals surface area (Å²) in [5, 5.41) is 8.40. The molecule has 1 saturated heterocycles. The Hall–Kier alpha value is -1.39. The molecule has 3 fully saturated rings. The fraction of sp³-hybridized carbons (Fsp3) is 0.824. The Morgan fingerprint density at radius 3 is 2.68 bits per heavy atom. The van der Waals surface area contributed by atoms with E-state index in [4.69, 9.17) is 0 Å². The zero-order valence-electron chi connectivity index (χ0n) is 13.5. The summed E-state index contributed by atoms with van der Waals surface area (Å²) in [6.07, 6.45) is 11.4. The summed E-state index contributed by atoms with van der Waals surface area (Å²) in [6.45, 7) is 1.79. The maximum absolute atomic E-state index is 12.7. The molecular weight excluding hydrogens is 276 g/mol. The van der Waals surface area contributed by atoms with Crippen LogP contribution < -0.4 is 0 Å². The molecule has 4 rings (SSSR count). The van der Waals surface area contributed by atoms with Gasteiger partial charge >= 0.3 is 0 Å². The second kappa shape index (κ2) is 5.36. The molecule has 1 atom stereocenters. The van der Waals surface area contributed by atoms with Crippen LogP contribution in [-0.2, 0) is 11.8 Å². The molecule has 0 N–H and O–H groups in total. The van der Waals surface area contributed by atoms with Crippen molar-refractivity contribution in [2.24, 2.45) is 18.4 Å². The van der Waals surface area contributed by atoms with Gasteiger partial charge in [-0.25, -0.2) is 0 Å². The first kappa shape index (κ1) is 14.2. The van der Waals surface area contributed by atoms with E-state index < -0.39 is 0 Å². The van der Waals surface area contributed by atoms with Gasteiger partial charge in [0.15, 0.2) is 0 Å². The van der Waals surface area contributed by atoms with Gasteiger partial charge in [-0.2, -0.15) is 0 Å². The average molecular weight is 302 g/mol. The second-order valence-corrected chi connectivity index (χ2v) is 7.70. The lowest BCUT2D eigenvalue weighted by atomic mass is 9.62. The lowest BCUT2D eigenvalue weighted by Crippen LogP contribution is -2.38. The van der Waals surface area contributed by atoms with Crippen LogP contribution in [0.25, 0.3) is 0 Å². The number of aryl methyl sites for hydroxylation is 1. The number of amides is 1. The number of carbonyl (C=O) groups excluding carboxylic acids is 1. The van der Waals surface area contributed by atoms with E-state index >= 15 is 0 Å². The van der Waals surface area contributed by atoms with Crippen molar-refractivity contribution in [2.75, 3.05) is 13.1 Å². The number of hydrogen-bond acceptors (Lipinski definition) is 3. The molecule has 1 aromatic rings. The molecule has 3 aliphatic rings. The van der Waals surface area contributed by atoms with Crippen LogP contribution in [0.1, 0.15) is 63.1 Å². The van der Waals surface area contributed by atoms with E-state index in [1.54, 1.807) is 6.33 Å². The molecule has 1 spiro atoms. The molecular formula is C17H26N4O. The molecule has 1 aliphatic heterocycles. The third kappa shape index (κ3) is 2.25. The second-order valence-electron chi connectivity index (χ2n) is 7.70. The first-order valence-electron chi connectivity index (χ1n) is 8.80. The molecule has 120 valence electrons. The minimum atomic E-state index is 0.284. The molecule has 22 heavy (non-hydrogen) atoms. The summed E-state index contributed by atoms with van der Waals surface area (Å²) < 4.78 is 2.04. The van der Waals surface area contributed by atoms with Crippen molar-refractivity contribution in [3.05, 3.63) is 12.2 Å². The van der Waals surface area contributed by atoms with Crippen molar-refractivity contribution in [2.45, 2.75) is 57.3 Å². The van der Waals surface area contributed by atoms with E-state index in [2.05, 4.69) is 15.1 Å². The standard InChI is InChI=1S/C17H26N4O/c1-20-12-18-19-16(20)14-10-21(11-17(14)7-4-8-17)15(22)9-13-5-2-3-6-13/h12-14H,2-11H2,1H3. The van der Waals surface area contributed by atoms with E-state index in [0.29, 0.717) is 17.7 Å². The molecule has 1 aromatic heterocycles. The Balaban J connectivity index is 1.49. The molecule has 2 saturated carbocycles. The molecule has 2 heterocycles. The average Bonchev–Trinajstić information content (AvgIpc) is 3.15. The van der Waals surface area contributed by atoms with Crippen LogP contribution in [0, 0.1) is 11.3 Å². The summed E-state index contributed by atoms with van der Waals surface area (Å²) in [4.78, 5) is 14.8. The quantitative estimate of drug-likeness (QED) is 0.862. The van der Waals surface area contributed by atoms with Crippen LogP contribution in [0.4, 0.5) is 0 Å². The van der Waals surface area contributed by atoms with Gasteiger partial charge in [0, 0.05) is 32.5 Å². The van der Waals surface area contributed by atoms with Gasteiger partial charge in [0.1, 0.15) is 12.2 Å². The van der Waals surface area contributed by atoms with E-state index in [1.165, 1.54) is 44.9 Å². The fourth-order valence-corrected chi connectivity index (χ4v) is 4.85. The third-order valence-electron chi connectivity index (χ3n) is 6.35. The third-order valence-corrected chi connectivity index (χ3v) is 6.35. The predicted octanol–water partition coefficient (Wildman–Crippen LogP) is 2.49. The van der Waals surface area contributed by atoms with Crippen molar-refractivity contribution < 1.29 is 4.79 Å². The van der Waals surface area contributed by atoms with Crippen molar-refractivity contribution in [3.63, 3.8) is 0 Å². The normalized spacial score (nSPS) is 27.5. The Bertz CT molecular complexity index is 557. The minimum absolute atomic E-state index is 0.284. The van der Waals surface area contributed by atoms with E-state index in [1.807, 2.05) is 11.6 Å². The highest BCUT2D eigenvalue weighted by atomic mass is 16.2. The Morgan fingerprint density at radius 1 is 1.32 bits per heavy atom. The van der Waals surface area contributed by atoms with Gasteiger partial charge in [0.25, 0.3) is 0 Å². The number of hydrogen-bond donors (Lipinski definition) is 0. The zero-order chi connectivity index (χ0) is 15.2. The van der Waals surface area contributed by atoms with Gasteiger partial charge in [-0.3, -0.25) is 4.79 Å². The molecule has 5 heteroatoms. The molecule has 0 aromatic carbocycles. The maximum atomic E-state index is 12.7. The summed E-state index contributed by atoms with van der Waals surface area (Å²) in [5.41, 5.74) is 0.284. The Labute approximate surface area is 132 Å². The summed E-state index contributed by atoms with van der Waals surface area (Å²) >= 11 is 0. The molecule has 2 aliphatic carbocycles. The smallest absolute Gasteiger partial charge is 0.222 e. The number of likely N-dealkylation sites (tertiary alicyclic amines) is 1. The fourth-order valence-electron chi connectivity index (χ4n) is 4.85. The topological polar surface area (TPSA) is 51.0 Å². The van der Waals surface area contributed by atoms with Crippen LogP contribution in [0.3, 0.4) is 0 Å². The van der Waals surface area contributed by atoms with Crippen LogP contribution in [0.5, 0.6) is 0 Å². The lowest BCUT2D eigenvalue weighted by molar-refractivity contribution is -0.131. The Morgan fingerprint density at radius 2 is 2.09 bits per heavy atom. The number of carbonyl (C=O) groups is 1. The summed E-state index contributed by atoms with van der Waals surface area (Å²) in [5.74, 6) is 2.46. The van der Waals surface area contributed by atoms with E-state index in [9.17, 15) is 4.79 Å². The monoisotopic (exact) mass is 302 g/mol. The van der Waals surface area contributed by atoms with Gasteiger partial charge in [0.2, 0.25) is 5.91 Å². The van der Waals surface area contributed by atoms with Gasteiger partial charge < -0.3 is 9.47 Å². The van der Waals surface area contributed by atoms with Gasteiger partial charge in [0.05, 0.1) is 0 Å². The zero-order valence-corrected chi connectivity index (χ0v) is 13.5. The molecule has 0 radical (unpaired) electrons. The van der Waals surface area contributed by atoms with Crippen LogP contribution in [-0.4, -0.2) is 38.7 Å². The first-order chi connectivity index (χ1) is 10.7. The highest BCUT2D eigenvalue weighted by Gasteiger charge is 2.53. The SMILES string of the molecule is Cn1cnnc1C1CN(C(=O)CC2CCCC2)CC12CCC2. The highest BCUT2D eigenvalue weighted by Crippen LogP contribution is 2.55. The molecule has 0 bridgehead atoms. The van der Waals surface area contributed by atoms with E-state index in [0.717, 1.165) is 25.3 Å². The lowest BCUT2D eigenvalue weighted by Gasteiger charge is -2.42. The summed E-state index contributed by atoms with van der Waals surface area (Å²) in [7, 11) is 2.02. The highest BCUT2D eigenvalue weighted by molar-refractivity contribution is 5.77. The van der Waals surface area contributed by atoms with Crippen molar-refractivity contribution in [1.29, 1.82) is 0 Å². The Kier molecular flexibility index (Phi) is 3.46. The van der Waals surface area contributed by atoms with Crippen molar-refractivity contribution >= 4 is 5.91 Å². The summed E-state index contributed by atoms with van der Waals surface area (Å²) in [6, 6.07) is 0. The van der Waals surface area contributed by atoms with Gasteiger partial charge in [-0.05, 0) is 37.0 Å². The number of nitrogens with zero attached hydrogens (tertiary/aromatic N) is 4. The van der Waals surface area contributed by atoms with Crippen LogP contribution in [0.2, 0.25) is 0 Å². The van der Waals surface area contributed by atoms with Crippen molar-refractivity contribution in [3.8, 4) is 0 Å². The number of aromatic nitrogens is 3. The maximum Gasteiger partial charge on any atom is 0.222 e. The van der Waals surface area contributed by atoms with E-state index in [-0.39, 0.29) is 5.41 Å². The molecule has 5 nitrogen and oxygen atoms in total. The first-order valence-corrected chi connectivity index (χ1v) is 8.80. The van der Waals surface area contributed by atoms with Gasteiger partial charge in [-0.15, -0.1) is 10.2 Å². The van der Waals surface area contributed by atoms with Crippen LogP contribution >= 0.6 is 0 Å². The number of rotatable bonds is 3. The van der Waals surface area contributed by atoms with Crippen molar-refractivity contribution in [1.82, 2.24) is 19.7 Å². The molecule has 1 amide bonds. The van der Waals surface area contributed by atoms with Crippen LogP contribution in [0.15, 0.2) is 6.33 Å². The minimum Gasteiger partial charge on any atom is -0.341 e. The predicted molar refractivity (Wildman–Crippen MR) is 83.2 cm³/mol. The molecule has 1 unspecified atom stereocenters. The van der Waals surface area contributed by atoms with Gasteiger partial charge in [-0.1, -0.05) is 19.3 Å².